The highest BCUT2D eigenvalue weighted by Gasteiger charge is 2.29. The zero-order valence-corrected chi connectivity index (χ0v) is 15.5. The van der Waals surface area contributed by atoms with Gasteiger partial charge < -0.3 is 14.7 Å². The van der Waals surface area contributed by atoms with Crippen LogP contribution >= 0.6 is 0 Å². The standard InChI is InChI=1S/C17H24N4O6/c1-17(2,3)27-16(24)19-8-10-20(11-9-19)18-14(15(22)23)12-4-6-13(7-5-12)21(25)26/h4-7,14,18H,8-11H2,1-3H3,(H,22,23). The molecule has 2 rings (SSSR count). The molecule has 0 bridgehead atoms. The number of amides is 1. The molecule has 1 aliphatic rings. The highest BCUT2D eigenvalue weighted by molar-refractivity contribution is 5.75. The summed E-state index contributed by atoms with van der Waals surface area (Å²) >= 11 is 0. The number of nitro benzene ring substituents is 1. The summed E-state index contributed by atoms with van der Waals surface area (Å²) in [6.07, 6.45) is -0.396. The molecule has 2 N–H and O–H groups in total. The van der Waals surface area contributed by atoms with E-state index in [0.29, 0.717) is 31.7 Å². The molecule has 1 amide bonds. The van der Waals surface area contributed by atoms with E-state index in [1.165, 1.54) is 24.3 Å². The van der Waals surface area contributed by atoms with E-state index in [4.69, 9.17) is 4.74 Å². The van der Waals surface area contributed by atoms with Gasteiger partial charge in [0.15, 0.2) is 0 Å². The zero-order valence-electron chi connectivity index (χ0n) is 15.5. The lowest BCUT2D eigenvalue weighted by atomic mass is 10.1. The highest BCUT2D eigenvalue weighted by Crippen LogP contribution is 2.19. The molecule has 27 heavy (non-hydrogen) atoms. The molecule has 10 heteroatoms. The molecule has 0 aliphatic carbocycles. The molecular formula is C17H24N4O6. The third kappa shape index (κ3) is 5.90. The van der Waals surface area contributed by atoms with E-state index in [2.05, 4.69) is 5.43 Å². The van der Waals surface area contributed by atoms with Crippen molar-refractivity contribution in [3.63, 3.8) is 0 Å². The molecule has 1 aromatic rings. The van der Waals surface area contributed by atoms with Crippen LogP contribution in [0.5, 0.6) is 0 Å². The molecule has 1 aliphatic heterocycles. The van der Waals surface area contributed by atoms with Gasteiger partial charge in [-0.1, -0.05) is 0 Å². The van der Waals surface area contributed by atoms with Crippen LogP contribution in [0.3, 0.4) is 0 Å². The summed E-state index contributed by atoms with van der Waals surface area (Å²) in [5, 5.41) is 21.9. The van der Waals surface area contributed by atoms with Crippen molar-refractivity contribution < 1.29 is 24.4 Å². The van der Waals surface area contributed by atoms with Crippen LogP contribution in [0.15, 0.2) is 24.3 Å². The Morgan fingerprint density at radius 3 is 2.19 bits per heavy atom. The Balaban J connectivity index is 1.96. The van der Waals surface area contributed by atoms with Gasteiger partial charge in [0.25, 0.3) is 5.69 Å². The van der Waals surface area contributed by atoms with Gasteiger partial charge in [-0.05, 0) is 38.5 Å². The summed E-state index contributed by atoms with van der Waals surface area (Å²) in [7, 11) is 0. The number of carbonyl (C=O) groups excluding carboxylic acids is 1. The number of ether oxygens (including phenoxy) is 1. The molecule has 0 radical (unpaired) electrons. The topological polar surface area (TPSA) is 125 Å². The first-order valence-electron chi connectivity index (χ1n) is 8.53. The molecule has 0 spiro atoms. The Bertz CT molecular complexity index is 692. The van der Waals surface area contributed by atoms with Gasteiger partial charge in [0, 0.05) is 38.3 Å². The van der Waals surface area contributed by atoms with Crippen molar-refractivity contribution in [1.29, 1.82) is 0 Å². The van der Waals surface area contributed by atoms with Crippen LogP contribution in [0.4, 0.5) is 10.5 Å². The second-order valence-corrected chi connectivity index (χ2v) is 7.20. The Labute approximate surface area is 156 Å². The summed E-state index contributed by atoms with van der Waals surface area (Å²) in [5.41, 5.74) is 2.64. The first-order chi connectivity index (χ1) is 12.6. The lowest BCUT2D eigenvalue weighted by molar-refractivity contribution is -0.384. The molecule has 1 heterocycles. The summed E-state index contributed by atoms with van der Waals surface area (Å²) in [6, 6.07) is 4.33. The van der Waals surface area contributed by atoms with Crippen molar-refractivity contribution in [2.75, 3.05) is 26.2 Å². The lowest BCUT2D eigenvalue weighted by Crippen LogP contribution is -2.55. The number of hydrogen-bond donors (Lipinski definition) is 2. The minimum atomic E-state index is -1.10. The van der Waals surface area contributed by atoms with Crippen LogP contribution in [0.25, 0.3) is 0 Å². The minimum Gasteiger partial charge on any atom is -0.480 e. The van der Waals surface area contributed by atoms with Gasteiger partial charge in [-0.3, -0.25) is 14.9 Å². The number of carboxylic acids is 1. The molecule has 1 aromatic carbocycles. The molecule has 0 aromatic heterocycles. The van der Waals surface area contributed by atoms with Gasteiger partial charge in [-0.2, -0.15) is 0 Å². The van der Waals surface area contributed by atoms with Crippen molar-refractivity contribution in [1.82, 2.24) is 15.3 Å². The number of benzene rings is 1. The monoisotopic (exact) mass is 380 g/mol. The van der Waals surface area contributed by atoms with Crippen molar-refractivity contribution >= 4 is 17.7 Å². The van der Waals surface area contributed by atoms with E-state index in [-0.39, 0.29) is 5.69 Å². The fourth-order valence-electron chi connectivity index (χ4n) is 2.59. The van der Waals surface area contributed by atoms with Crippen molar-refractivity contribution in [2.24, 2.45) is 0 Å². The zero-order chi connectivity index (χ0) is 20.2. The molecule has 148 valence electrons. The predicted octanol–water partition coefficient (Wildman–Crippen LogP) is 1.78. The number of hydrazine groups is 1. The maximum Gasteiger partial charge on any atom is 0.410 e. The normalized spacial score (nSPS) is 16.6. The summed E-state index contributed by atoms with van der Waals surface area (Å²) in [4.78, 5) is 35.5. The Morgan fingerprint density at radius 1 is 1.19 bits per heavy atom. The quantitative estimate of drug-likeness (QED) is 0.585. The fraction of sp³-hybridized carbons (Fsp3) is 0.529. The van der Waals surface area contributed by atoms with Gasteiger partial charge in [-0.15, -0.1) is 0 Å². The average Bonchev–Trinajstić information content (AvgIpc) is 2.58. The van der Waals surface area contributed by atoms with E-state index in [0.717, 1.165) is 0 Å². The van der Waals surface area contributed by atoms with Gasteiger partial charge in [-0.25, -0.2) is 15.2 Å². The van der Waals surface area contributed by atoms with Crippen LogP contribution in [0.2, 0.25) is 0 Å². The molecule has 0 saturated carbocycles. The number of nitrogens with zero attached hydrogens (tertiary/aromatic N) is 3. The molecule has 1 atom stereocenters. The number of nitrogens with one attached hydrogen (secondary N) is 1. The van der Waals surface area contributed by atoms with Crippen molar-refractivity contribution in [3.05, 3.63) is 39.9 Å². The first kappa shape index (κ1) is 20.6. The SMILES string of the molecule is CC(C)(C)OC(=O)N1CCN(NC(C(=O)O)c2ccc([N+](=O)[O-])cc2)CC1. The van der Waals surface area contributed by atoms with E-state index >= 15 is 0 Å². The van der Waals surface area contributed by atoms with Crippen LogP contribution in [-0.4, -0.2) is 63.8 Å². The van der Waals surface area contributed by atoms with Crippen LogP contribution in [0, 0.1) is 10.1 Å². The van der Waals surface area contributed by atoms with Crippen LogP contribution in [-0.2, 0) is 9.53 Å². The van der Waals surface area contributed by atoms with E-state index < -0.39 is 28.6 Å². The third-order valence-electron chi connectivity index (χ3n) is 3.93. The number of carboxylic acid groups (broad SMARTS) is 1. The van der Waals surface area contributed by atoms with Crippen LogP contribution in [0.1, 0.15) is 32.4 Å². The number of rotatable bonds is 5. The second-order valence-electron chi connectivity index (χ2n) is 7.20. The van der Waals surface area contributed by atoms with Gasteiger partial charge in [0.2, 0.25) is 0 Å². The summed E-state index contributed by atoms with van der Waals surface area (Å²) in [6.45, 7) is 7.04. The predicted molar refractivity (Wildman–Crippen MR) is 96.0 cm³/mol. The van der Waals surface area contributed by atoms with Gasteiger partial charge >= 0.3 is 12.1 Å². The van der Waals surface area contributed by atoms with E-state index in [9.17, 15) is 24.8 Å². The summed E-state index contributed by atoms with van der Waals surface area (Å²) < 4.78 is 5.33. The smallest absolute Gasteiger partial charge is 0.410 e. The number of aliphatic carboxylic acids is 1. The molecule has 10 nitrogen and oxygen atoms in total. The number of hydrogen-bond acceptors (Lipinski definition) is 7. The average molecular weight is 380 g/mol. The number of carbonyl (C=O) groups is 2. The highest BCUT2D eigenvalue weighted by atomic mass is 16.6. The molecule has 1 fully saturated rings. The Kier molecular flexibility index (Phi) is 6.34. The lowest BCUT2D eigenvalue weighted by Gasteiger charge is -2.36. The van der Waals surface area contributed by atoms with Crippen molar-refractivity contribution in [3.8, 4) is 0 Å². The second kappa shape index (κ2) is 8.31. The maximum atomic E-state index is 12.1. The fourth-order valence-corrected chi connectivity index (χ4v) is 2.59. The van der Waals surface area contributed by atoms with E-state index in [1.54, 1.807) is 30.7 Å². The summed E-state index contributed by atoms with van der Waals surface area (Å²) in [5.74, 6) is -1.10. The first-order valence-corrected chi connectivity index (χ1v) is 8.53. The van der Waals surface area contributed by atoms with Gasteiger partial charge in [0.1, 0.15) is 11.6 Å². The van der Waals surface area contributed by atoms with E-state index in [1.807, 2.05) is 0 Å². The molecule has 1 unspecified atom stereocenters. The molecular weight excluding hydrogens is 356 g/mol. The Hall–Kier alpha value is -2.72. The minimum absolute atomic E-state index is 0.103. The van der Waals surface area contributed by atoms with Crippen LogP contribution < -0.4 is 5.43 Å². The maximum absolute atomic E-state index is 12.1. The number of piperazine rings is 1. The van der Waals surface area contributed by atoms with Gasteiger partial charge in [0.05, 0.1) is 4.92 Å². The van der Waals surface area contributed by atoms with Crippen molar-refractivity contribution in [2.45, 2.75) is 32.4 Å². The number of nitro groups is 1. The third-order valence-corrected chi connectivity index (χ3v) is 3.93. The number of non-ortho nitro benzene ring substituents is 1. The largest absolute Gasteiger partial charge is 0.480 e. The Morgan fingerprint density at radius 2 is 1.74 bits per heavy atom. The molecule has 1 saturated heterocycles.